The second-order valence-corrected chi connectivity index (χ2v) is 24.7. The Labute approximate surface area is 436 Å². The molecule has 0 saturated carbocycles. The van der Waals surface area contributed by atoms with E-state index >= 15 is 0 Å². The van der Waals surface area contributed by atoms with E-state index in [1.54, 1.807) is 28.4 Å². The lowest BCUT2D eigenvalue weighted by atomic mass is 9.81. The van der Waals surface area contributed by atoms with Gasteiger partial charge in [-0.15, -0.1) is 0 Å². The van der Waals surface area contributed by atoms with Gasteiger partial charge in [-0.2, -0.15) is 0 Å². The zero-order chi connectivity index (χ0) is 53.4. The van der Waals surface area contributed by atoms with Crippen molar-refractivity contribution in [3.63, 3.8) is 0 Å². The lowest BCUT2D eigenvalue weighted by molar-refractivity contribution is -0.284. The van der Waals surface area contributed by atoms with Crippen LogP contribution >= 0.6 is 0 Å². The molecule has 406 valence electrons. The molecule has 0 aliphatic carbocycles. The molecule has 1 aliphatic rings. The average molecular weight is 1020 g/mol. The first-order valence-electron chi connectivity index (χ1n) is 26.3. The van der Waals surface area contributed by atoms with Gasteiger partial charge in [0.25, 0.3) is 0 Å². The van der Waals surface area contributed by atoms with E-state index in [2.05, 4.69) is 105 Å². The third kappa shape index (κ3) is 18.9. The van der Waals surface area contributed by atoms with Crippen LogP contribution in [0.2, 0.25) is 18.1 Å². The Hall–Kier alpha value is -3.63. The number of allylic oxidation sites excluding steroid dienone is 3. The molecule has 1 saturated heterocycles. The van der Waals surface area contributed by atoms with Crippen LogP contribution in [-0.2, 0) is 53.7 Å². The molecule has 1 fully saturated rings. The molecule has 0 amide bonds. The van der Waals surface area contributed by atoms with Gasteiger partial charge in [-0.05, 0) is 80.1 Å². The third-order valence-electron chi connectivity index (χ3n) is 14.8. The summed E-state index contributed by atoms with van der Waals surface area (Å²) in [6.07, 6.45) is 11.7. The Morgan fingerprint density at radius 2 is 1.31 bits per heavy atom. The van der Waals surface area contributed by atoms with E-state index in [1.807, 2.05) is 62.4 Å². The fraction of sp³-hybridized carbons (Fsp3) is 0.644. The number of benzene rings is 2. The molecule has 13 heteroatoms. The van der Waals surface area contributed by atoms with Crippen molar-refractivity contribution in [3.05, 3.63) is 108 Å². The largest absolute Gasteiger partial charge is 0.497 e. The minimum Gasteiger partial charge on any atom is -0.497 e. The first kappa shape index (κ1) is 62.7. The highest BCUT2D eigenvalue weighted by Gasteiger charge is 2.44. The highest BCUT2D eigenvalue weighted by Crippen LogP contribution is 2.40. The summed E-state index contributed by atoms with van der Waals surface area (Å²) in [5, 5.41) is 0. The smallest absolute Gasteiger partial charge is 0.311 e. The summed E-state index contributed by atoms with van der Waals surface area (Å²) >= 11 is 0. The number of carbonyl (C=O) groups is 1. The van der Waals surface area contributed by atoms with Crippen molar-refractivity contribution >= 4 is 14.3 Å². The normalized spacial score (nSPS) is 22.1. The number of methoxy groups -OCH3 is 5. The molecule has 72 heavy (non-hydrogen) atoms. The highest BCUT2D eigenvalue weighted by molar-refractivity contribution is 6.73. The van der Waals surface area contributed by atoms with Gasteiger partial charge in [0.05, 0.1) is 70.5 Å². The molecule has 1 heterocycles. The van der Waals surface area contributed by atoms with Gasteiger partial charge in [0.15, 0.2) is 14.6 Å². The molecule has 2 aromatic rings. The summed E-state index contributed by atoms with van der Waals surface area (Å²) < 4.78 is 67.3. The molecule has 0 radical (unpaired) electrons. The Morgan fingerprint density at radius 1 is 0.722 bits per heavy atom. The second kappa shape index (κ2) is 32.6. The Bertz CT molecular complexity index is 1910. The zero-order valence-corrected chi connectivity index (χ0v) is 47.9. The van der Waals surface area contributed by atoms with Crippen molar-refractivity contribution in [2.45, 2.75) is 157 Å². The molecule has 0 unspecified atom stereocenters. The molecule has 3 rings (SSSR count). The van der Waals surface area contributed by atoms with Crippen molar-refractivity contribution in [1.29, 1.82) is 0 Å². The zero-order valence-electron chi connectivity index (χ0n) is 46.9. The number of ether oxygens (including phenoxy) is 10. The molecule has 12 nitrogen and oxygen atoms in total. The standard InChI is InChI=1S/C59H94O12Si/c1-18-22-23-41(6)56(71-72(19-2,20-3)21-4)46(11)55(66-37-48-25-30-50(63-15)31-26-48)44(9)35-40(5)34-43(8)54(68-39-62-14)42(7)24-29-52(67-38-61-13)36-53-45(10)57(47(12)58(60)65-17)70-59(69-53)49-27-32-51(64-16)33-28-49/h18,22-34,41-47,52-57,59H,1,19-21,35-39H2,2-17H3/b23-22-,29-24-,40-34-/t41-,42-,43-,44-,45-,46-,47+,52+,53-,54-,55+,56-,57-,59-/m0/s1. The molecule has 2 aromatic carbocycles. The SMILES string of the molecule is C=C/C=C\[C@H](C)[C@H](O[Si](CC)(CC)CC)[C@@H](C)[C@H](OCc1ccc(OC)cc1)[C@@H](C)C/C(C)=C\[C@H](C)[C@@H](OCOC)[C@@H](C)/C=C\[C@H](C[C@@H]1O[C@H](c2ccc(OC)cc2)O[C@H]([C@@H](C)C(=O)OC)[C@H]1C)OCOC. The van der Waals surface area contributed by atoms with E-state index in [4.69, 9.17) is 51.8 Å². The minimum atomic E-state index is -1.99. The van der Waals surface area contributed by atoms with Gasteiger partial charge in [0.2, 0.25) is 0 Å². The van der Waals surface area contributed by atoms with Crippen LogP contribution in [0, 0.1) is 41.4 Å². The number of carbonyl (C=O) groups excluding carboxylic acids is 1. The maximum Gasteiger partial charge on any atom is 0.311 e. The fourth-order valence-corrected chi connectivity index (χ4v) is 13.3. The summed E-state index contributed by atoms with van der Waals surface area (Å²) in [7, 11) is 5.98. The van der Waals surface area contributed by atoms with Crippen molar-refractivity contribution in [2.75, 3.05) is 49.1 Å². The molecule has 14 atom stereocenters. The van der Waals surface area contributed by atoms with Crippen LogP contribution in [0.5, 0.6) is 11.5 Å². The molecule has 0 bridgehead atoms. The van der Waals surface area contributed by atoms with Gasteiger partial charge < -0.3 is 51.8 Å². The van der Waals surface area contributed by atoms with Crippen LogP contribution in [0.15, 0.2) is 97.1 Å². The molecular formula is C59H94O12Si. The first-order valence-corrected chi connectivity index (χ1v) is 28.8. The third-order valence-corrected chi connectivity index (χ3v) is 19.5. The fourth-order valence-electron chi connectivity index (χ4n) is 10.3. The van der Waals surface area contributed by atoms with Gasteiger partial charge >= 0.3 is 5.97 Å². The number of hydrogen-bond donors (Lipinski definition) is 0. The number of rotatable bonds is 34. The summed E-state index contributed by atoms with van der Waals surface area (Å²) in [6, 6.07) is 18.9. The monoisotopic (exact) mass is 1020 g/mol. The lowest BCUT2D eigenvalue weighted by Crippen LogP contribution is -2.48. The van der Waals surface area contributed by atoms with Crippen molar-refractivity contribution in [3.8, 4) is 11.5 Å². The summed E-state index contributed by atoms with van der Waals surface area (Å²) in [5.41, 5.74) is 3.17. The maximum absolute atomic E-state index is 12.9. The van der Waals surface area contributed by atoms with Crippen molar-refractivity contribution in [2.24, 2.45) is 41.4 Å². The Kier molecular flexibility index (Phi) is 28.4. The van der Waals surface area contributed by atoms with Crippen LogP contribution in [0.3, 0.4) is 0 Å². The van der Waals surface area contributed by atoms with E-state index in [9.17, 15) is 4.79 Å². The van der Waals surface area contributed by atoms with Crippen LogP contribution in [-0.4, -0.2) is 100 Å². The van der Waals surface area contributed by atoms with Crippen LogP contribution in [0.4, 0.5) is 0 Å². The summed E-state index contributed by atoms with van der Waals surface area (Å²) in [6.45, 7) is 28.9. The quantitative estimate of drug-likeness (QED) is 0.0218. The second-order valence-electron chi connectivity index (χ2n) is 20.0. The van der Waals surface area contributed by atoms with Crippen molar-refractivity contribution < 1.29 is 56.6 Å². The Balaban J connectivity index is 1.94. The van der Waals surface area contributed by atoms with Gasteiger partial charge in [-0.1, -0.05) is 135 Å². The van der Waals surface area contributed by atoms with E-state index in [-0.39, 0.29) is 85.6 Å². The van der Waals surface area contributed by atoms with Gasteiger partial charge in [-0.25, -0.2) is 0 Å². The van der Waals surface area contributed by atoms with Crippen LogP contribution in [0.25, 0.3) is 0 Å². The predicted molar refractivity (Wildman–Crippen MR) is 290 cm³/mol. The molecular weight excluding hydrogens is 929 g/mol. The van der Waals surface area contributed by atoms with Gasteiger partial charge in [0.1, 0.15) is 25.1 Å². The first-order chi connectivity index (χ1) is 34.5. The van der Waals surface area contributed by atoms with Crippen LogP contribution < -0.4 is 9.47 Å². The minimum absolute atomic E-state index is 0.0246. The average Bonchev–Trinajstić information content (AvgIpc) is 3.39. The van der Waals surface area contributed by atoms with E-state index in [0.717, 1.165) is 47.2 Å². The summed E-state index contributed by atoms with van der Waals surface area (Å²) in [4.78, 5) is 12.9. The summed E-state index contributed by atoms with van der Waals surface area (Å²) in [5.74, 6) is 0.895. The number of esters is 1. The predicted octanol–water partition coefficient (Wildman–Crippen LogP) is 13.1. The molecule has 0 aromatic heterocycles. The van der Waals surface area contributed by atoms with Crippen LogP contribution in [0.1, 0.15) is 106 Å². The molecule has 0 N–H and O–H groups in total. The highest BCUT2D eigenvalue weighted by atomic mass is 28.4. The topological polar surface area (TPSA) is 119 Å². The Morgan fingerprint density at radius 3 is 1.86 bits per heavy atom. The maximum atomic E-state index is 12.9. The van der Waals surface area contributed by atoms with Gasteiger partial charge in [0, 0.05) is 49.9 Å². The van der Waals surface area contributed by atoms with Gasteiger partial charge in [-0.3, -0.25) is 4.79 Å². The van der Waals surface area contributed by atoms with E-state index in [0.29, 0.717) is 13.0 Å². The molecule has 0 spiro atoms. The lowest BCUT2D eigenvalue weighted by Gasteiger charge is -2.43. The van der Waals surface area contributed by atoms with Crippen molar-refractivity contribution in [1.82, 2.24) is 0 Å². The molecule has 1 aliphatic heterocycles. The van der Waals surface area contributed by atoms with E-state index < -0.39 is 26.6 Å². The van der Waals surface area contributed by atoms with E-state index in [1.165, 1.54) is 12.7 Å². The number of hydrogen-bond acceptors (Lipinski definition) is 12.